The fraction of sp³-hybridized carbons (Fsp3) is 0.444. The van der Waals surface area contributed by atoms with Crippen LogP contribution < -0.4 is 10.1 Å². The Morgan fingerprint density at radius 3 is 2.67 bits per heavy atom. The summed E-state index contributed by atoms with van der Waals surface area (Å²) in [6.07, 6.45) is 3.91. The Bertz CT molecular complexity index is 703. The van der Waals surface area contributed by atoms with E-state index in [4.69, 9.17) is 9.84 Å². The highest BCUT2D eigenvalue weighted by Crippen LogP contribution is 2.42. The quantitative estimate of drug-likeness (QED) is 0.819. The van der Waals surface area contributed by atoms with Gasteiger partial charge in [-0.1, -0.05) is 0 Å². The van der Waals surface area contributed by atoms with Crippen LogP contribution in [0.3, 0.4) is 0 Å². The number of aliphatic hydroxyl groups is 1. The van der Waals surface area contributed by atoms with Gasteiger partial charge in [-0.15, -0.1) is 0 Å². The zero-order valence-corrected chi connectivity index (χ0v) is 14.0. The van der Waals surface area contributed by atoms with Gasteiger partial charge in [0.15, 0.2) is 0 Å². The molecule has 2 aromatic rings. The molecule has 0 aliphatic heterocycles. The number of aromatic nitrogens is 2. The molecule has 0 atom stereocenters. The van der Waals surface area contributed by atoms with E-state index in [1.165, 1.54) is 0 Å². The van der Waals surface area contributed by atoms with E-state index < -0.39 is 0 Å². The molecule has 1 aromatic heterocycles. The first kappa shape index (κ1) is 16.5. The maximum Gasteiger partial charge on any atom is 0.259 e. The van der Waals surface area contributed by atoms with Crippen LogP contribution >= 0.6 is 0 Å². The van der Waals surface area contributed by atoms with Gasteiger partial charge in [-0.2, -0.15) is 5.10 Å². The maximum atomic E-state index is 12.6. The summed E-state index contributed by atoms with van der Waals surface area (Å²) in [4.78, 5) is 12.6. The molecule has 1 aromatic carbocycles. The Kier molecular flexibility index (Phi) is 4.85. The first-order valence-corrected chi connectivity index (χ1v) is 8.32. The summed E-state index contributed by atoms with van der Waals surface area (Å²) in [5.41, 5.74) is 2.41. The molecule has 0 spiro atoms. The van der Waals surface area contributed by atoms with Crippen molar-refractivity contribution in [3.05, 3.63) is 41.7 Å². The second-order valence-corrected chi connectivity index (χ2v) is 6.31. The lowest BCUT2D eigenvalue weighted by Gasteiger charge is -2.12. The third-order valence-electron chi connectivity index (χ3n) is 4.00. The van der Waals surface area contributed by atoms with E-state index in [0.717, 1.165) is 18.5 Å². The maximum absolute atomic E-state index is 12.6. The normalized spacial score (nSPS) is 14.0. The molecule has 6 heteroatoms. The van der Waals surface area contributed by atoms with Gasteiger partial charge in [0.1, 0.15) is 12.4 Å². The molecule has 1 fully saturated rings. The standard InChI is InChI=1S/C18H23N3O3/c1-12(2)21-17(13-3-4-13)16(11-19-21)18(23)20-14-5-7-15(8-6-14)24-10-9-22/h5-8,11-13,22H,3-4,9-10H2,1-2H3,(H,20,23). The van der Waals surface area contributed by atoms with Crippen LogP contribution in [0.25, 0.3) is 0 Å². The summed E-state index contributed by atoms with van der Waals surface area (Å²) in [6.45, 7) is 4.38. The van der Waals surface area contributed by atoms with E-state index in [1.807, 2.05) is 4.68 Å². The topological polar surface area (TPSA) is 76.4 Å². The number of benzene rings is 1. The molecule has 0 saturated heterocycles. The van der Waals surface area contributed by atoms with E-state index in [-0.39, 0.29) is 25.2 Å². The largest absolute Gasteiger partial charge is 0.491 e. The molecule has 1 heterocycles. The monoisotopic (exact) mass is 329 g/mol. The van der Waals surface area contributed by atoms with Crippen LogP contribution in [0.1, 0.15) is 54.7 Å². The minimum absolute atomic E-state index is 0.0255. The number of hydrogen-bond donors (Lipinski definition) is 2. The number of hydrogen-bond acceptors (Lipinski definition) is 4. The molecule has 1 amide bonds. The Morgan fingerprint density at radius 2 is 2.08 bits per heavy atom. The lowest BCUT2D eigenvalue weighted by atomic mass is 10.1. The molecule has 0 unspecified atom stereocenters. The molecule has 24 heavy (non-hydrogen) atoms. The van der Waals surface area contributed by atoms with Crippen molar-refractivity contribution in [2.75, 3.05) is 18.5 Å². The van der Waals surface area contributed by atoms with E-state index in [1.54, 1.807) is 30.5 Å². The minimum Gasteiger partial charge on any atom is -0.491 e. The molecular weight excluding hydrogens is 306 g/mol. The van der Waals surface area contributed by atoms with Crippen LogP contribution in [0, 0.1) is 0 Å². The number of aliphatic hydroxyl groups excluding tert-OH is 1. The first-order chi connectivity index (χ1) is 11.6. The van der Waals surface area contributed by atoms with Gasteiger partial charge >= 0.3 is 0 Å². The van der Waals surface area contributed by atoms with E-state index >= 15 is 0 Å². The van der Waals surface area contributed by atoms with E-state index in [9.17, 15) is 4.79 Å². The van der Waals surface area contributed by atoms with Gasteiger partial charge in [0.05, 0.1) is 24.1 Å². The average molecular weight is 329 g/mol. The van der Waals surface area contributed by atoms with Crippen molar-refractivity contribution in [2.45, 2.75) is 38.6 Å². The Hall–Kier alpha value is -2.34. The molecule has 0 bridgehead atoms. The van der Waals surface area contributed by atoms with Gasteiger partial charge in [0.2, 0.25) is 0 Å². The van der Waals surface area contributed by atoms with Gasteiger partial charge in [0, 0.05) is 17.6 Å². The molecule has 6 nitrogen and oxygen atoms in total. The Labute approximate surface area is 141 Å². The molecule has 128 valence electrons. The number of amides is 1. The van der Waals surface area contributed by atoms with E-state index in [2.05, 4.69) is 24.3 Å². The van der Waals surface area contributed by atoms with Crippen molar-refractivity contribution in [1.82, 2.24) is 9.78 Å². The van der Waals surface area contributed by atoms with Crippen LogP contribution in [0.15, 0.2) is 30.5 Å². The van der Waals surface area contributed by atoms with Gasteiger partial charge in [-0.05, 0) is 51.0 Å². The number of ether oxygens (including phenoxy) is 1. The Balaban J connectivity index is 1.73. The molecule has 0 radical (unpaired) electrons. The van der Waals surface area contributed by atoms with Gasteiger partial charge in [0.25, 0.3) is 5.91 Å². The highest BCUT2D eigenvalue weighted by molar-refractivity contribution is 6.05. The van der Waals surface area contributed by atoms with Crippen LogP contribution in [-0.4, -0.2) is 34.0 Å². The summed E-state index contributed by atoms with van der Waals surface area (Å²) in [5.74, 6) is 0.978. The third-order valence-corrected chi connectivity index (χ3v) is 4.00. The highest BCUT2D eigenvalue weighted by atomic mass is 16.5. The van der Waals surface area contributed by atoms with Crippen LogP contribution in [0.4, 0.5) is 5.69 Å². The number of nitrogens with one attached hydrogen (secondary N) is 1. The molecule has 1 aliphatic rings. The van der Waals surface area contributed by atoms with Crippen LogP contribution in [0.5, 0.6) is 5.75 Å². The van der Waals surface area contributed by atoms with Crippen LogP contribution in [-0.2, 0) is 0 Å². The smallest absolute Gasteiger partial charge is 0.259 e. The van der Waals surface area contributed by atoms with Crippen molar-refractivity contribution in [1.29, 1.82) is 0 Å². The number of nitrogens with zero attached hydrogens (tertiary/aromatic N) is 2. The fourth-order valence-electron chi connectivity index (χ4n) is 2.72. The molecular formula is C18H23N3O3. The summed E-state index contributed by atoms with van der Waals surface area (Å²) in [6, 6.07) is 7.35. The SMILES string of the molecule is CC(C)n1ncc(C(=O)Nc2ccc(OCCO)cc2)c1C1CC1. The number of rotatable bonds is 7. The second kappa shape index (κ2) is 7.05. The summed E-state index contributed by atoms with van der Waals surface area (Å²) in [5, 5.41) is 16.1. The van der Waals surface area contributed by atoms with Gasteiger partial charge in [-0.25, -0.2) is 0 Å². The Morgan fingerprint density at radius 1 is 1.38 bits per heavy atom. The summed E-state index contributed by atoms with van der Waals surface area (Å²) < 4.78 is 7.27. The number of carbonyl (C=O) groups excluding carboxylic acids is 1. The van der Waals surface area contributed by atoms with Crippen molar-refractivity contribution in [2.24, 2.45) is 0 Å². The van der Waals surface area contributed by atoms with Gasteiger partial charge < -0.3 is 15.2 Å². The number of anilines is 1. The van der Waals surface area contributed by atoms with Crippen LogP contribution in [0.2, 0.25) is 0 Å². The molecule has 2 N–H and O–H groups in total. The lowest BCUT2D eigenvalue weighted by Crippen LogP contribution is -2.15. The summed E-state index contributed by atoms with van der Waals surface area (Å²) in [7, 11) is 0. The average Bonchev–Trinajstić information content (AvgIpc) is 3.31. The van der Waals surface area contributed by atoms with Crippen molar-refractivity contribution in [3.8, 4) is 5.75 Å². The third kappa shape index (κ3) is 3.59. The summed E-state index contributed by atoms with van der Waals surface area (Å²) >= 11 is 0. The molecule has 3 rings (SSSR count). The first-order valence-electron chi connectivity index (χ1n) is 8.32. The predicted octanol–water partition coefficient (Wildman–Crippen LogP) is 2.96. The zero-order valence-electron chi connectivity index (χ0n) is 14.0. The van der Waals surface area contributed by atoms with Crippen molar-refractivity contribution in [3.63, 3.8) is 0 Å². The highest BCUT2D eigenvalue weighted by Gasteiger charge is 2.33. The molecule has 1 saturated carbocycles. The minimum atomic E-state index is -0.132. The van der Waals surface area contributed by atoms with E-state index in [0.29, 0.717) is 22.9 Å². The van der Waals surface area contributed by atoms with Crippen molar-refractivity contribution >= 4 is 11.6 Å². The fourth-order valence-corrected chi connectivity index (χ4v) is 2.72. The molecule has 1 aliphatic carbocycles. The number of carbonyl (C=O) groups is 1. The lowest BCUT2D eigenvalue weighted by molar-refractivity contribution is 0.102. The zero-order chi connectivity index (χ0) is 17.1. The van der Waals surface area contributed by atoms with Gasteiger partial charge in [-0.3, -0.25) is 9.48 Å². The second-order valence-electron chi connectivity index (χ2n) is 6.31. The predicted molar refractivity (Wildman–Crippen MR) is 91.6 cm³/mol. The van der Waals surface area contributed by atoms with Crippen molar-refractivity contribution < 1.29 is 14.6 Å².